The number of carbonyl (C=O) groups is 1. The van der Waals surface area contributed by atoms with E-state index >= 15 is 0 Å². The Labute approximate surface area is 159 Å². The van der Waals surface area contributed by atoms with Crippen molar-refractivity contribution in [1.82, 2.24) is 20.9 Å². The monoisotopic (exact) mass is 369 g/mol. The van der Waals surface area contributed by atoms with Crippen LogP contribution in [0, 0.1) is 5.92 Å². The molecule has 26 heavy (non-hydrogen) atoms. The first-order valence-corrected chi connectivity index (χ1v) is 10.0. The molecular weight excluding hydrogens is 330 g/mol. The van der Waals surface area contributed by atoms with Crippen molar-refractivity contribution in [1.29, 1.82) is 0 Å². The lowest BCUT2D eigenvalue weighted by atomic mass is 9.99. The van der Waals surface area contributed by atoms with E-state index in [2.05, 4.69) is 39.7 Å². The minimum Gasteiger partial charge on any atom is -0.444 e. The minimum atomic E-state index is -0.462. The molecule has 0 atom stereocenters. The van der Waals surface area contributed by atoms with E-state index in [9.17, 15) is 4.79 Å². The maximum Gasteiger partial charge on any atom is 0.407 e. The Morgan fingerprint density at radius 1 is 1.15 bits per heavy atom. The van der Waals surface area contributed by atoms with Gasteiger partial charge in [0, 0.05) is 32.7 Å². The molecule has 1 fully saturated rings. The van der Waals surface area contributed by atoms with Crippen LogP contribution in [-0.4, -0.2) is 68.4 Å². The zero-order valence-corrected chi connectivity index (χ0v) is 17.4. The number of piperidine rings is 1. The summed E-state index contributed by atoms with van der Waals surface area (Å²) in [5.74, 6) is 1.71. The van der Waals surface area contributed by atoms with E-state index in [0.29, 0.717) is 13.1 Å². The van der Waals surface area contributed by atoms with E-state index in [1.807, 2.05) is 20.8 Å². The van der Waals surface area contributed by atoms with Crippen molar-refractivity contribution < 1.29 is 9.53 Å². The number of ether oxygens (including phenoxy) is 1. The fourth-order valence-electron chi connectivity index (χ4n) is 2.73. The molecule has 1 saturated heterocycles. The number of alkyl carbamates (subject to hydrolysis) is 1. The molecule has 1 amide bonds. The Bertz CT molecular complexity index is 426. The number of carbonyl (C=O) groups excluding carboxylic acids is 1. The molecule has 0 bridgehead atoms. The quantitative estimate of drug-likeness (QED) is 0.347. The molecule has 1 aliphatic heterocycles. The number of nitrogens with one attached hydrogen (secondary N) is 3. The topological polar surface area (TPSA) is 78.0 Å². The van der Waals surface area contributed by atoms with Crippen LogP contribution in [0.5, 0.6) is 0 Å². The normalized spacial score (nSPS) is 17.0. The highest BCUT2D eigenvalue weighted by atomic mass is 16.6. The van der Waals surface area contributed by atoms with Crippen molar-refractivity contribution in [3.05, 3.63) is 0 Å². The number of rotatable bonds is 8. The summed E-state index contributed by atoms with van der Waals surface area (Å²) in [6, 6.07) is 0. The van der Waals surface area contributed by atoms with Crippen LogP contribution >= 0.6 is 0 Å². The first kappa shape index (κ1) is 22.5. The highest BCUT2D eigenvalue weighted by Crippen LogP contribution is 2.15. The molecule has 0 spiro atoms. The maximum atomic E-state index is 11.6. The lowest BCUT2D eigenvalue weighted by Gasteiger charge is -2.30. The molecule has 0 unspecified atom stereocenters. The number of hydrogen-bond acceptors (Lipinski definition) is 4. The lowest BCUT2D eigenvalue weighted by Crippen LogP contribution is -2.43. The third kappa shape index (κ3) is 11.2. The molecule has 0 aromatic rings. The molecular formula is C19H39N5O2. The predicted octanol–water partition coefficient (Wildman–Crippen LogP) is 2.19. The number of aliphatic imine (C=N–C) groups is 1. The zero-order valence-electron chi connectivity index (χ0n) is 17.4. The van der Waals surface area contributed by atoms with Gasteiger partial charge in [0.2, 0.25) is 0 Å². The molecule has 3 N–H and O–H groups in total. The summed E-state index contributed by atoms with van der Waals surface area (Å²) in [6.07, 6.45) is 3.01. The van der Waals surface area contributed by atoms with Gasteiger partial charge in [-0.1, -0.05) is 6.92 Å². The van der Waals surface area contributed by atoms with E-state index in [0.717, 1.165) is 37.9 Å². The van der Waals surface area contributed by atoms with Crippen molar-refractivity contribution in [2.45, 2.75) is 59.5 Å². The third-order valence-corrected chi connectivity index (χ3v) is 4.21. The Hall–Kier alpha value is -1.50. The van der Waals surface area contributed by atoms with Gasteiger partial charge in [-0.15, -0.1) is 0 Å². The summed E-state index contributed by atoms with van der Waals surface area (Å²) in [7, 11) is 0. The van der Waals surface area contributed by atoms with Gasteiger partial charge in [0.05, 0.1) is 0 Å². The van der Waals surface area contributed by atoms with Crippen molar-refractivity contribution in [2.75, 3.05) is 45.8 Å². The Morgan fingerprint density at radius 2 is 1.85 bits per heavy atom. The smallest absolute Gasteiger partial charge is 0.407 e. The second kappa shape index (κ2) is 12.0. The summed E-state index contributed by atoms with van der Waals surface area (Å²) in [5, 5.41) is 9.42. The maximum absolute atomic E-state index is 11.6. The molecule has 1 heterocycles. The highest BCUT2D eigenvalue weighted by molar-refractivity contribution is 5.79. The SMILES string of the molecule is CCNC(=NCCCNC(=O)OC(C)(C)C)NCCN1CCC(C)CC1. The fourth-order valence-corrected chi connectivity index (χ4v) is 2.73. The third-order valence-electron chi connectivity index (χ3n) is 4.21. The second-order valence-corrected chi connectivity index (χ2v) is 7.99. The van der Waals surface area contributed by atoms with Crippen LogP contribution in [0.1, 0.15) is 53.9 Å². The Morgan fingerprint density at radius 3 is 2.46 bits per heavy atom. The van der Waals surface area contributed by atoms with Gasteiger partial charge in [-0.05, 0) is 66.0 Å². The highest BCUT2D eigenvalue weighted by Gasteiger charge is 2.16. The van der Waals surface area contributed by atoms with Crippen LogP contribution in [-0.2, 0) is 4.74 Å². The van der Waals surface area contributed by atoms with Gasteiger partial charge in [-0.3, -0.25) is 4.99 Å². The van der Waals surface area contributed by atoms with E-state index in [1.165, 1.54) is 25.9 Å². The van der Waals surface area contributed by atoms with Gasteiger partial charge >= 0.3 is 6.09 Å². The number of likely N-dealkylation sites (tertiary alicyclic amines) is 1. The number of nitrogens with zero attached hydrogens (tertiary/aromatic N) is 2. The van der Waals surface area contributed by atoms with Crippen molar-refractivity contribution in [2.24, 2.45) is 10.9 Å². The van der Waals surface area contributed by atoms with Crippen LogP contribution in [0.15, 0.2) is 4.99 Å². The molecule has 7 heteroatoms. The molecule has 1 aliphatic rings. The van der Waals surface area contributed by atoms with E-state index in [4.69, 9.17) is 4.74 Å². The van der Waals surface area contributed by atoms with E-state index in [1.54, 1.807) is 0 Å². The summed E-state index contributed by atoms with van der Waals surface area (Å²) >= 11 is 0. The average Bonchev–Trinajstić information content (AvgIpc) is 2.54. The summed E-state index contributed by atoms with van der Waals surface area (Å²) in [4.78, 5) is 18.7. The van der Waals surface area contributed by atoms with Crippen LogP contribution in [0.25, 0.3) is 0 Å². The lowest BCUT2D eigenvalue weighted by molar-refractivity contribution is 0.0527. The molecule has 0 saturated carbocycles. The predicted molar refractivity (Wildman–Crippen MR) is 108 cm³/mol. The first-order valence-electron chi connectivity index (χ1n) is 10.0. The molecule has 152 valence electrons. The molecule has 1 rings (SSSR count). The van der Waals surface area contributed by atoms with Gasteiger partial charge in [-0.2, -0.15) is 0 Å². The molecule has 0 aromatic heterocycles. The average molecular weight is 370 g/mol. The van der Waals surface area contributed by atoms with Crippen molar-refractivity contribution in [3.63, 3.8) is 0 Å². The van der Waals surface area contributed by atoms with Crippen LogP contribution in [0.2, 0.25) is 0 Å². The van der Waals surface area contributed by atoms with Gasteiger partial charge in [-0.25, -0.2) is 4.79 Å². The van der Waals surface area contributed by atoms with Gasteiger partial charge < -0.3 is 25.6 Å². The van der Waals surface area contributed by atoms with Crippen LogP contribution < -0.4 is 16.0 Å². The summed E-state index contributed by atoms with van der Waals surface area (Å²) in [5.41, 5.74) is -0.462. The van der Waals surface area contributed by atoms with Crippen LogP contribution in [0.4, 0.5) is 4.79 Å². The van der Waals surface area contributed by atoms with Crippen molar-refractivity contribution >= 4 is 12.1 Å². The summed E-state index contributed by atoms with van der Waals surface area (Å²) in [6.45, 7) is 16.4. The largest absolute Gasteiger partial charge is 0.444 e. The summed E-state index contributed by atoms with van der Waals surface area (Å²) < 4.78 is 5.21. The molecule has 0 aromatic carbocycles. The zero-order chi connectivity index (χ0) is 19.4. The molecule has 7 nitrogen and oxygen atoms in total. The molecule has 0 radical (unpaired) electrons. The van der Waals surface area contributed by atoms with Gasteiger partial charge in [0.1, 0.15) is 5.60 Å². The van der Waals surface area contributed by atoms with E-state index in [-0.39, 0.29) is 6.09 Å². The number of guanidine groups is 1. The molecule has 0 aliphatic carbocycles. The second-order valence-electron chi connectivity index (χ2n) is 7.99. The first-order chi connectivity index (χ1) is 12.3. The number of amides is 1. The van der Waals surface area contributed by atoms with Crippen molar-refractivity contribution in [3.8, 4) is 0 Å². The van der Waals surface area contributed by atoms with E-state index < -0.39 is 5.60 Å². The standard InChI is InChI=1S/C19H39N5O2/c1-6-20-17(22-12-15-24-13-8-16(2)9-14-24)21-10-7-11-23-18(25)26-19(3,4)5/h16H,6-15H2,1-5H3,(H,23,25)(H2,20,21,22). The van der Waals surface area contributed by atoms with Crippen LogP contribution in [0.3, 0.4) is 0 Å². The van der Waals surface area contributed by atoms with Gasteiger partial charge in [0.25, 0.3) is 0 Å². The minimum absolute atomic E-state index is 0.373. The fraction of sp³-hybridized carbons (Fsp3) is 0.895. The number of hydrogen-bond donors (Lipinski definition) is 3. The van der Waals surface area contributed by atoms with Gasteiger partial charge in [0.15, 0.2) is 5.96 Å². The Balaban J connectivity index is 2.19. The Kier molecular flexibility index (Phi) is 10.4.